The van der Waals surface area contributed by atoms with E-state index in [1.165, 1.54) is 11.8 Å². The van der Waals surface area contributed by atoms with Crippen LogP contribution in [0.5, 0.6) is 0 Å². The van der Waals surface area contributed by atoms with Crippen LogP contribution in [-0.4, -0.2) is 15.1 Å². The Hall–Kier alpha value is -1.10. The van der Waals surface area contributed by atoms with E-state index < -0.39 is 6.10 Å². The topological polar surface area (TPSA) is 46.0 Å². The summed E-state index contributed by atoms with van der Waals surface area (Å²) in [6.07, 6.45) is -0.522. The van der Waals surface area contributed by atoms with Crippen LogP contribution in [0.15, 0.2) is 28.3 Å². The number of hydrogen-bond donors (Lipinski definition) is 1. The summed E-state index contributed by atoms with van der Waals surface area (Å²) in [5, 5.41) is 10.8. The van der Waals surface area contributed by atoms with Crippen molar-refractivity contribution in [3.8, 4) is 0 Å². The monoisotopic (exact) mass is 308 g/mol. The molecule has 5 heteroatoms. The zero-order chi connectivity index (χ0) is 14.9. The molecule has 0 spiro atoms. The fourth-order valence-corrected chi connectivity index (χ4v) is 2.90. The minimum absolute atomic E-state index is 0.522. The number of rotatable bonds is 3. The van der Waals surface area contributed by atoms with E-state index >= 15 is 0 Å². The van der Waals surface area contributed by atoms with E-state index in [0.717, 1.165) is 27.4 Å². The van der Waals surface area contributed by atoms with E-state index in [0.29, 0.717) is 10.2 Å². The molecular formula is C15H17ClN2OS. The van der Waals surface area contributed by atoms with Gasteiger partial charge in [0, 0.05) is 16.3 Å². The fraction of sp³-hybridized carbons (Fsp3) is 0.333. The number of halogens is 1. The molecular weight excluding hydrogens is 292 g/mol. The van der Waals surface area contributed by atoms with Crippen LogP contribution in [0.2, 0.25) is 5.02 Å². The summed E-state index contributed by atoms with van der Waals surface area (Å²) in [6.45, 7) is 7.69. The lowest BCUT2D eigenvalue weighted by molar-refractivity contribution is 0.199. The highest BCUT2D eigenvalue weighted by atomic mass is 35.5. The smallest absolute Gasteiger partial charge is 0.192 e. The van der Waals surface area contributed by atoms with Gasteiger partial charge in [-0.25, -0.2) is 9.97 Å². The normalized spacial score (nSPS) is 12.5. The predicted molar refractivity (Wildman–Crippen MR) is 82.5 cm³/mol. The SMILES string of the molecule is Cc1nc(Sc2ccc([C@H](C)O)cc2Cl)nc(C)c1C. The summed E-state index contributed by atoms with van der Waals surface area (Å²) in [5.41, 5.74) is 3.88. The Bertz CT molecular complexity index is 621. The summed E-state index contributed by atoms with van der Waals surface area (Å²) in [6, 6.07) is 5.54. The fourth-order valence-electron chi connectivity index (χ4n) is 1.75. The van der Waals surface area contributed by atoms with Crippen molar-refractivity contribution >= 4 is 23.4 Å². The number of aliphatic hydroxyl groups excluding tert-OH is 1. The van der Waals surface area contributed by atoms with Gasteiger partial charge in [0.2, 0.25) is 0 Å². The van der Waals surface area contributed by atoms with Crippen LogP contribution >= 0.6 is 23.4 Å². The van der Waals surface area contributed by atoms with Gasteiger partial charge in [0.15, 0.2) is 5.16 Å². The molecule has 0 aliphatic heterocycles. The zero-order valence-corrected chi connectivity index (χ0v) is 13.5. The van der Waals surface area contributed by atoms with E-state index in [-0.39, 0.29) is 0 Å². The molecule has 106 valence electrons. The van der Waals surface area contributed by atoms with Gasteiger partial charge >= 0.3 is 0 Å². The van der Waals surface area contributed by atoms with Crippen molar-refractivity contribution in [2.45, 2.75) is 43.9 Å². The van der Waals surface area contributed by atoms with E-state index in [4.69, 9.17) is 11.6 Å². The third kappa shape index (κ3) is 3.32. The molecule has 1 atom stereocenters. The average Bonchev–Trinajstić information content (AvgIpc) is 2.38. The second-order valence-electron chi connectivity index (χ2n) is 4.77. The van der Waals surface area contributed by atoms with Crippen LogP contribution in [0.1, 0.15) is 35.5 Å². The third-order valence-electron chi connectivity index (χ3n) is 3.25. The second kappa shape index (κ2) is 6.12. The Morgan fingerprint density at radius 2 is 1.75 bits per heavy atom. The molecule has 0 amide bonds. The predicted octanol–water partition coefficient (Wildman–Crippen LogP) is 4.26. The lowest BCUT2D eigenvalue weighted by atomic mass is 10.1. The van der Waals surface area contributed by atoms with Gasteiger partial charge in [-0.3, -0.25) is 0 Å². The first-order valence-corrected chi connectivity index (χ1v) is 7.55. The van der Waals surface area contributed by atoms with E-state index in [2.05, 4.69) is 9.97 Å². The van der Waals surface area contributed by atoms with E-state index in [9.17, 15) is 5.11 Å². The Balaban J connectivity index is 2.31. The van der Waals surface area contributed by atoms with Crippen LogP contribution in [0.4, 0.5) is 0 Å². The van der Waals surface area contributed by atoms with Crippen LogP contribution in [0.25, 0.3) is 0 Å². The first kappa shape index (κ1) is 15.3. The maximum absolute atomic E-state index is 9.54. The Morgan fingerprint density at radius 3 is 2.25 bits per heavy atom. The van der Waals surface area contributed by atoms with Gasteiger partial charge in [-0.15, -0.1) is 0 Å². The van der Waals surface area contributed by atoms with Crippen LogP contribution in [-0.2, 0) is 0 Å². The standard InChI is InChI=1S/C15H17ClN2OS/c1-8-9(2)17-15(18-10(8)3)20-14-6-5-12(11(4)19)7-13(14)16/h5-7,11,19H,1-4H3/t11-/m0/s1. The molecule has 0 fully saturated rings. The van der Waals surface area contributed by atoms with E-state index in [1.807, 2.05) is 32.9 Å². The first-order valence-electron chi connectivity index (χ1n) is 6.35. The highest BCUT2D eigenvalue weighted by Gasteiger charge is 2.10. The van der Waals surface area contributed by atoms with Crippen molar-refractivity contribution in [2.75, 3.05) is 0 Å². The van der Waals surface area contributed by atoms with Crippen molar-refractivity contribution in [3.05, 3.63) is 45.7 Å². The highest BCUT2D eigenvalue weighted by molar-refractivity contribution is 7.99. The van der Waals surface area contributed by atoms with Crippen molar-refractivity contribution in [1.29, 1.82) is 0 Å². The van der Waals surface area contributed by atoms with Gasteiger partial charge in [0.25, 0.3) is 0 Å². The molecule has 2 aromatic rings. The number of benzene rings is 1. The second-order valence-corrected chi connectivity index (χ2v) is 6.19. The molecule has 1 heterocycles. The molecule has 20 heavy (non-hydrogen) atoms. The Labute approximate surface area is 128 Å². The number of hydrogen-bond acceptors (Lipinski definition) is 4. The van der Waals surface area contributed by atoms with Crippen LogP contribution in [0, 0.1) is 20.8 Å². The average molecular weight is 309 g/mol. The van der Waals surface area contributed by atoms with Gasteiger partial charge in [0.05, 0.1) is 11.1 Å². The molecule has 3 nitrogen and oxygen atoms in total. The number of aryl methyl sites for hydroxylation is 2. The molecule has 1 N–H and O–H groups in total. The molecule has 0 aliphatic carbocycles. The molecule has 1 aromatic carbocycles. The van der Waals surface area contributed by atoms with Gasteiger partial charge in [-0.2, -0.15) is 0 Å². The lowest BCUT2D eigenvalue weighted by Gasteiger charge is -2.10. The quantitative estimate of drug-likeness (QED) is 0.861. The Morgan fingerprint density at radius 1 is 1.15 bits per heavy atom. The van der Waals surface area contributed by atoms with Crippen molar-refractivity contribution < 1.29 is 5.11 Å². The van der Waals surface area contributed by atoms with Crippen molar-refractivity contribution in [1.82, 2.24) is 9.97 Å². The minimum Gasteiger partial charge on any atom is -0.389 e. The largest absolute Gasteiger partial charge is 0.389 e. The highest BCUT2D eigenvalue weighted by Crippen LogP contribution is 2.33. The molecule has 0 saturated carbocycles. The van der Waals surface area contributed by atoms with Crippen molar-refractivity contribution in [2.24, 2.45) is 0 Å². The maximum atomic E-state index is 9.54. The van der Waals surface area contributed by atoms with Gasteiger partial charge in [0.1, 0.15) is 0 Å². The first-order chi connectivity index (χ1) is 9.38. The summed E-state index contributed by atoms with van der Waals surface area (Å²) < 4.78 is 0. The van der Waals surface area contributed by atoms with Gasteiger partial charge < -0.3 is 5.11 Å². The van der Waals surface area contributed by atoms with Crippen molar-refractivity contribution in [3.63, 3.8) is 0 Å². The summed E-state index contributed by atoms with van der Waals surface area (Å²) in [4.78, 5) is 9.83. The molecule has 1 aromatic heterocycles. The molecule has 0 unspecified atom stereocenters. The van der Waals surface area contributed by atoms with Crippen LogP contribution in [0.3, 0.4) is 0 Å². The van der Waals surface area contributed by atoms with Crippen LogP contribution < -0.4 is 0 Å². The lowest BCUT2D eigenvalue weighted by Crippen LogP contribution is -1.98. The minimum atomic E-state index is -0.522. The maximum Gasteiger partial charge on any atom is 0.192 e. The summed E-state index contributed by atoms with van der Waals surface area (Å²) in [5.74, 6) is 0. The number of aromatic nitrogens is 2. The van der Waals surface area contributed by atoms with Gasteiger partial charge in [-0.1, -0.05) is 17.7 Å². The molecule has 0 radical (unpaired) electrons. The zero-order valence-electron chi connectivity index (χ0n) is 11.9. The number of aliphatic hydroxyl groups is 1. The number of nitrogens with zero attached hydrogens (tertiary/aromatic N) is 2. The molecule has 0 aliphatic rings. The summed E-state index contributed by atoms with van der Waals surface area (Å²) >= 11 is 7.68. The molecule has 2 rings (SSSR count). The Kier molecular flexibility index (Phi) is 4.68. The van der Waals surface area contributed by atoms with E-state index in [1.54, 1.807) is 13.0 Å². The molecule has 0 saturated heterocycles. The summed E-state index contributed by atoms with van der Waals surface area (Å²) in [7, 11) is 0. The van der Waals surface area contributed by atoms with Gasteiger partial charge in [-0.05, 0) is 62.7 Å². The molecule has 0 bridgehead atoms. The third-order valence-corrected chi connectivity index (χ3v) is 4.62.